The standard InChI is InChI=1S/C16H14N4O5/c17-7-9-3-1-2-4-11(9)24-8-10-5-6-12(25-10)16(23)20-13(14(18)21)15(19)22/h1-6,13H,8H2,(H2,18,21)(H2,19,22)(H,20,23). The quantitative estimate of drug-likeness (QED) is 0.590. The first kappa shape index (κ1) is 17.6. The summed E-state index contributed by atoms with van der Waals surface area (Å²) in [5.41, 5.74) is 10.3. The number of primary amides is 2. The molecule has 128 valence electrons. The number of nitriles is 1. The zero-order valence-electron chi connectivity index (χ0n) is 12.9. The molecule has 9 nitrogen and oxygen atoms in total. The Morgan fingerprint density at radius 1 is 1.16 bits per heavy atom. The molecule has 1 aromatic heterocycles. The summed E-state index contributed by atoms with van der Waals surface area (Å²) >= 11 is 0. The van der Waals surface area contributed by atoms with Crippen molar-refractivity contribution in [1.82, 2.24) is 5.32 Å². The number of carbonyl (C=O) groups is 3. The van der Waals surface area contributed by atoms with E-state index < -0.39 is 23.8 Å². The van der Waals surface area contributed by atoms with Gasteiger partial charge in [-0.15, -0.1) is 0 Å². The predicted molar refractivity (Wildman–Crippen MR) is 83.8 cm³/mol. The van der Waals surface area contributed by atoms with Gasteiger partial charge in [-0.25, -0.2) is 0 Å². The van der Waals surface area contributed by atoms with Crippen molar-refractivity contribution in [2.45, 2.75) is 12.6 Å². The van der Waals surface area contributed by atoms with Crippen LogP contribution in [0.3, 0.4) is 0 Å². The maximum Gasteiger partial charge on any atom is 0.288 e. The van der Waals surface area contributed by atoms with Gasteiger partial charge in [-0.1, -0.05) is 12.1 Å². The van der Waals surface area contributed by atoms with Crippen molar-refractivity contribution in [2.24, 2.45) is 11.5 Å². The van der Waals surface area contributed by atoms with Gasteiger partial charge in [-0.2, -0.15) is 5.26 Å². The third kappa shape index (κ3) is 4.35. The van der Waals surface area contributed by atoms with Crippen LogP contribution < -0.4 is 21.5 Å². The minimum Gasteiger partial charge on any atom is -0.484 e. The van der Waals surface area contributed by atoms with Gasteiger partial charge in [0.15, 0.2) is 11.8 Å². The lowest BCUT2D eigenvalue weighted by atomic mass is 10.2. The van der Waals surface area contributed by atoms with E-state index in [1.807, 2.05) is 6.07 Å². The summed E-state index contributed by atoms with van der Waals surface area (Å²) in [5, 5.41) is 11.1. The van der Waals surface area contributed by atoms with Crippen molar-refractivity contribution >= 4 is 17.7 Å². The molecule has 2 rings (SSSR count). The number of amides is 3. The SMILES string of the molecule is N#Cc1ccccc1OCc1ccc(C(=O)NC(C(N)=O)C(N)=O)o1. The zero-order valence-corrected chi connectivity index (χ0v) is 12.9. The third-order valence-electron chi connectivity index (χ3n) is 3.11. The van der Waals surface area contributed by atoms with Gasteiger partial charge in [0.05, 0.1) is 5.56 Å². The molecule has 5 N–H and O–H groups in total. The minimum absolute atomic E-state index is 0.0267. The average Bonchev–Trinajstić information content (AvgIpc) is 3.06. The Kier molecular flexibility index (Phi) is 5.37. The van der Waals surface area contributed by atoms with Gasteiger partial charge >= 0.3 is 0 Å². The first-order valence-electron chi connectivity index (χ1n) is 7.02. The number of carbonyl (C=O) groups excluding carboxylic acids is 3. The highest BCUT2D eigenvalue weighted by molar-refractivity contribution is 6.07. The van der Waals surface area contributed by atoms with Gasteiger partial charge in [0, 0.05) is 0 Å². The first-order chi connectivity index (χ1) is 11.9. The summed E-state index contributed by atoms with van der Waals surface area (Å²) in [7, 11) is 0. The second-order valence-corrected chi connectivity index (χ2v) is 4.87. The monoisotopic (exact) mass is 342 g/mol. The van der Waals surface area contributed by atoms with Crippen molar-refractivity contribution in [3.63, 3.8) is 0 Å². The summed E-state index contributed by atoms with van der Waals surface area (Å²) in [6.07, 6.45) is 0. The van der Waals surface area contributed by atoms with Gasteiger partial charge in [0.25, 0.3) is 5.91 Å². The van der Waals surface area contributed by atoms with Gasteiger partial charge in [-0.3, -0.25) is 14.4 Å². The number of nitrogens with zero attached hydrogens (tertiary/aromatic N) is 1. The van der Waals surface area contributed by atoms with Crippen molar-refractivity contribution in [1.29, 1.82) is 5.26 Å². The lowest BCUT2D eigenvalue weighted by Gasteiger charge is -2.10. The number of nitrogens with two attached hydrogens (primary N) is 2. The summed E-state index contributed by atoms with van der Waals surface area (Å²) in [6.45, 7) is -0.0267. The normalized spacial score (nSPS) is 10.1. The molecular weight excluding hydrogens is 328 g/mol. The second-order valence-electron chi connectivity index (χ2n) is 4.87. The molecule has 3 amide bonds. The van der Waals surface area contributed by atoms with Crippen LogP contribution in [-0.2, 0) is 16.2 Å². The number of furan rings is 1. The summed E-state index contributed by atoms with van der Waals surface area (Å²) < 4.78 is 10.7. The van der Waals surface area contributed by atoms with Crippen LogP contribution in [0.15, 0.2) is 40.8 Å². The first-order valence-corrected chi connectivity index (χ1v) is 7.02. The number of nitrogens with one attached hydrogen (secondary N) is 1. The highest BCUT2D eigenvalue weighted by atomic mass is 16.5. The van der Waals surface area contributed by atoms with Crippen LogP contribution in [0, 0.1) is 11.3 Å². The van der Waals surface area contributed by atoms with Gasteiger partial charge in [-0.05, 0) is 24.3 Å². The number of hydrogen-bond acceptors (Lipinski definition) is 6. The van der Waals surface area contributed by atoms with Crippen LogP contribution in [0.4, 0.5) is 0 Å². The minimum atomic E-state index is -1.64. The Balaban J connectivity index is 2.02. The molecule has 0 radical (unpaired) electrons. The Bertz CT molecular complexity index is 838. The van der Waals surface area contributed by atoms with E-state index in [4.69, 9.17) is 25.9 Å². The van der Waals surface area contributed by atoms with E-state index in [9.17, 15) is 14.4 Å². The Morgan fingerprint density at radius 2 is 1.84 bits per heavy atom. The molecule has 9 heteroatoms. The maximum atomic E-state index is 11.9. The molecule has 0 spiro atoms. The van der Waals surface area contributed by atoms with Gasteiger partial charge in [0.2, 0.25) is 11.8 Å². The Labute approximate surface area is 142 Å². The van der Waals surface area contributed by atoms with Crippen molar-refractivity contribution in [2.75, 3.05) is 0 Å². The average molecular weight is 342 g/mol. The van der Waals surface area contributed by atoms with Gasteiger partial charge < -0.3 is 25.9 Å². The number of benzene rings is 1. The topological polar surface area (TPSA) is 161 Å². The fourth-order valence-corrected chi connectivity index (χ4v) is 1.90. The van der Waals surface area contributed by atoms with E-state index in [1.165, 1.54) is 12.1 Å². The lowest BCUT2D eigenvalue weighted by molar-refractivity contribution is -0.128. The fraction of sp³-hybridized carbons (Fsp3) is 0.125. The maximum absolute atomic E-state index is 11.9. The summed E-state index contributed by atoms with van der Waals surface area (Å²) in [4.78, 5) is 34.1. The van der Waals surface area contributed by atoms with Crippen molar-refractivity contribution < 1.29 is 23.5 Å². The molecule has 0 aliphatic carbocycles. The molecule has 0 saturated carbocycles. The molecule has 0 fully saturated rings. The molecule has 0 unspecified atom stereocenters. The largest absolute Gasteiger partial charge is 0.484 e. The molecule has 0 atom stereocenters. The van der Waals surface area contributed by atoms with Crippen LogP contribution in [0.1, 0.15) is 21.9 Å². The smallest absolute Gasteiger partial charge is 0.288 e. The van der Waals surface area contributed by atoms with Crippen molar-refractivity contribution in [3.8, 4) is 11.8 Å². The van der Waals surface area contributed by atoms with E-state index >= 15 is 0 Å². The van der Waals surface area contributed by atoms with E-state index in [0.717, 1.165) is 0 Å². The number of rotatable bonds is 7. The predicted octanol–water partition coefficient (Wildman–Crippen LogP) is -0.201. The van der Waals surface area contributed by atoms with Crippen LogP contribution in [0.25, 0.3) is 0 Å². The Hall–Kier alpha value is -3.80. The van der Waals surface area contributed by atoms with Gasteiger partial charge in [0.1, 0.15) is 24.2 Å². The molecule has 25 heavy (non-hydrogen) atoms. The fourth-order valence-electron chi connectivity index (χ4n) is 1.90. The Morgan fingerprint density at radius 3 is 2.48 bits per heavy atom. The lowest BCUT2D eigenvalue weighted by Crippen LogP contribution is -2.52. The zero-order chi connectivity index (χ0) is 18.4. The molecule has 2 aromatic rings. The number of ether oxygens (including phenoxy) is 1. The molecule has 1 heterocycles. The molecule has 0 aliphatic rings. The van der Waals surface area contributed by atoms with Crippen LogP contribution in [-0.4, -0.2) is 23.8 Å². The van der Waals surface area contributed by atoms with E-state index in [-0.39, 0.29) is 12.4 Å². The number of hydrogen-bond donors (Lipinski definition) is 3. The molecule has 1 aromatic carbocycles. The van der Waals surface area contributed by atoms with E-state index in [2.05, 4.69) is 5.32 Å². The molecule has 0 bridgehead atoms. The van der Waals surface area contributed by atoms with E-state index in [0.29, 0.717) is 17.1 Å². The molecule has 0 aliphatic heterocycles. The second kappa shape index (κ2) is 7.65. The molecular formula is C16H14N4O5. The van der Waals surface area contributed by atoms with Crippen LogP contribution in [0.2, 0.25) is 0 Å². The van der Waals surface area contributed by atoms with Crippen molar-refractivity contribution in [3.05, 3.63) is 53.5 Å². The molecule has 0 saturated heterocycles. The summed E-state index contributed by atoms with van der Waals surface area (Å²) in [6, 6.07) is 9.81. The number of para-hydroxylation sites is 1. The highest BCUT2D eigenvalue weighted by Gasteiger charge is 2.25. The third-order valence-corrected chi connectivity index (χ3v) is 3.11. The summed E-state index contributed by atoms with van der Waals surface area (Å²) in [5.74, 6) is -2.47. The highest BCUT2D eigenvalue weighted by Crippen LogP contribution is 2.19. The van der Waals surface area contributed by atoms with E-state index in [1.54, 1.807) is 24.3 Å². The van der Waals surface area contributed by atoms with Crippen LogP contribution >= 0.6 is 0 Å². The van der Waals surface area contributed by atoms with Crippen LogP contribution in [0.5, 0.6) is 5.75 Å².